The number of thiazole rings is 1. The van der Waals surface area contributed by atoms with Crippen molar-refractivity contribution in [1.29, 1.82) is 0 Å². The minimum Gasteiger partial charge on any atom is -0.507 e. The number of β-amino-alcohol motifs (C(OH)–C–C–N with tert-alkyl or cyclic N) is 1. The van der Waals surface area contributed by atoms with Crippen LogP contribution < -0.4 is 25.8 Å². The van der Waals surface area contributed by atoms with Crippen LogP contribution in [-0.2, 0) is 20.9 Å². The fourth-order valence-electron chi connectivity index (χ4n) is 12.7. The van der Waals surface area contributed by atoms with Gasteiger partial charge in [0.25, 0.3) is 0 Å². The van der Waals surface area contributed by atoms with Crippen molar-refractivity contribution in [3.8, 4) is 27.4 Å². The number of piperazine rings is 1. The molecule has 3 amide bonds. The quantitative estimate of drug-likeness (QED) is 0.0957. The van der Waals surface area contributed by atoms with E-state index in [1.807, 2.05) is 88.1 Å². The molecule has 6 aliphatic rings. The molecular formula is C56H70N12O5S. The van der Waals surface area contributed by atoms with Crippen molar-refractivity contribution < 1.29 is 24.6 Å². The number of likely N-dealkylation sites (tertiary alicyclic amines) is 2. The number of amides is 3. The zero-order valence-corrected chi connectivity index (χ0v) is 43.9. The number of benzene rings is 2. The summed E-state index contributed by atoms with van der Waals surface area (Å²) >= 11 is 1.59. The number of aromatic nitrogens is 5. The summed E-state index contributed by atoms with van der Waals surface area (Å²) in [6.07, 6.45) is 11.6. The minimum atomic E-state index is -0.839. The van der Waals surface area contributed by atoms with E-state index in [2.05, 4.69) is 45.8 Å². The third-order valence-corrected chi connectivity index (χ3v) is 18.1. The number of nitrogens with one attached hydrogen (secondary N) is 3. The predicted octanol–water partition coefficient (Wildman–Crippen LogP) is 6.52. The highest BCUT2D eigenvalue weighted by atomic mass is 32.1. The van der Waals surface area contributed by atoms with Crippen LogP contribution >= 0.6 is 11.3 Å². The van der Waals surface area contributed by atoms with Crippen LogP contribution in [0, 0.1) is 23.7 Å². The number of fused-ring (bicyclic) bond motifs is 3. The Morgan fingerprint density at radius 3 is 2.34 bits per heavy atom. The molecule has 390 valence electrons. The Hall–Kier alpha value is -6.24. The molecule has 0 bridgehead atoms. The molecule has 4 aliphatic heterocycles. The van der Waals surface area contributed by atoms with E-state index in [9.17, 15) is 24.6 Å². The molecule has 0 unspecified atom stereocenters. The molecule has 3 saturated heterocycles. The highest BCUT2D eigenvalue weighted by Gasteiger charge is 2.50. The Bertz CT molecular complexity index is 2830. The summed E-state index contributed by atoms with van der Waals surface area (Å²) in [6.45, 7) is 13.4. The van der Waals surface area contributed by atoms with Gasteiger partial charge in [0, 0.05) is 75.6 Å². The molecule has 11 rings (SSSR count). The molecule has 5 fully saturated rings. The first kappa shape index (κ1) is 49.9. The molecule has 7 heterocycles. The Morgan fingerprint density at radius 1 is 0.892 bits per heavy atom. The fourth-order valence-corrected chi connectivity index (χ4v) is 13.5. The van der Waals surface area contributed by atoms with E-state index in [0.29, 0.717) is 29.8 Å². The summed E-state index contributed by atoms with van der Waals surface area (Å²) in [4.78, 5) is 66.1. The van der Waals surface area contributed by atoms with Gasteiger partial charge in [0.2, 0.25) is 23.7 Å². The highest BCUT2D eigenvalue weighted by Crippen LogP contribution is 2.55. The maximum absolute atomic E-state index is 14.3. The SMILES string of the molecule is Cc1ncsc1-c1ccc(CNC(=O)[C@@H]2C[C@@H](O)CN2C(=O)[C@@H](NC(=O)[C@H]2CCC3(CC2)C[C@H](N2CCC(c4cnc(N5CCN6c7cc(-c8ccccc8O)nnc7NC[C@H]6C5)nc4)CC2)C3)C(C)(C)C)cc1. The van der Waals surface area contributed by atoms with Crippen LogP contribution in [0.2, 0.25) is 0 Å². The van der Waals surface area contributed by atoms with Gasteiger partial charge in [-0.15, -0.1) is 21.5 Å². The lowest BCUT2D eigenvalue weighted by Gasteiger charge is -2.55. The van der Waals surface area contributed by atoms with Crippen LogP contribution in [-0.4, -0.2) is 139 Å². The number of piperidine rings is 1. The normalized spacial score (nSPS) is 25.6. The smallest absolute Gasteiger partial charge is 0.246 e. The molecule has 74 heavy (non-hydrogen) atoms. The van der Waals surface area contributed by atoms with Crippen LogP contribution in [0.15, 0.2) is 72.5 Å². The average Bonchev–Trinajstić information content (AvgIpc) is 4.03. The molecule has 5 N–H and O–H groups in total. The van der Waals surface area contributed by atoms with Crippen LogP contribution in [0.4, 0.5) is 17.5 Å². The monoisotopic (exact) mass is 1020 g/mol. The van der Waals surface area contributed by atoms with Crippen molar-refractivity contribution in [3.05, 3.63) is 89.3 Å². The topological polar surface area (TPSA) is 205 Å². The fraction of sp³-hybridized carbons (Fsp3) is 0.536. The second-order valence-electron chi connectivity index (χ2n) is 23.0. The zero-order chi connectivity index (χ0) is 51.3. The number of aliphatic hydroxyl groups excluding tert-OH is 1. The molecule has 2 aliphatic carbocycles. The Morgan fingerprint density at radius 2 is 1.64 bits per heavy atom. The largest absolute Gasteiger partial charge is 0.507 e. The minimum absolute atomic E-state index is 0.0477. The lowest BCUT2D eigenvalue weighted by Crippen LogP contribution is -2.59. The number of hydrogen-bond acceptors (Lipinski definition) is 15. The number of para-hydroxylation sites is 1. The van der Waals surface area contributed by atoms with E-state index in [4.69, 9.17) is 9.97 Å². The number of anilines is 3. The third kappa shape index (κ3) is 10.2. The summed E-state index contributed by atoms with van der Waals surface area (Å²) < 4.78 is 0. The Kier molecular flexibility index (Phi) is 13.8. The first-order valence-electron chi connectivity index (χ1n) is 26.7. The molecule has 1 spiro atoms. The molecule has 0 radical (unpaired) electrons. The van der Waals surface area contributed by atoms with Gasteiger partial charge in [0.1, 0.15) is 17.8 Å². The first-order chi connectivity index (χ1) is 35.7. The zero-order valence-electron chi connectivity index (χ0n) is 43.0. The van der Waals surface area contributed by atoms with Crippen molar-refractivity contribution in [1.82, 2.24) is 45.6 Å². The summed E-state index contributed by atoms with van der Waals surface area (Å²) in [6, 6.07) is 16.4. The van der Waals surface area contributed by atoms with Gasteiger partial charge in [0.05, 0.1) is 39.6 Å². The molecule has 5 aromatic rings. The van der Waals surface area contributed by atoms with Gasteiger partial charge < -0.3 is 45.8 Å². The maximum atomic E-state index is 14.3. The van der Waals surface area contributed by atoms with Gasteiger partial charge in [-0.3, -0.25) is 14.4 Å². The maximum Gasteiger partial charge on any atom is 0.246 e. The predicted molar refractivity (Wildman–Crippen MR) is 286 cm³/mol. The third-order valence-electron chi connectivity index (χ3n) is 17.2. The van der Waals surface area contributed by atoms with E-state index < -0.39 is 23.6 Å². The van der Waals surface area contributed by atoms with Gasteiger partial charge in [-0.2, -0.15) is 0 Å². The van der Waals surface area contributed by atoms with Gasteiger partial charge >= 0.3 is 0 Å². The highest BCUT2D eigenvalue weighted by molar-refractivity contribution is 7.13. The molecule has 18 heteroatoms. The number of aliphatic hydroxyl groups is 1. The summed E-state index contributed by atoms with van der Waals surface area (Å²) in [5.41, 5.74) is 8.02. The van der Waals surface area contributed by atoms with Crippen molar-refractivity contribution >= 4 is 46.5 Å². The van der Waals surface area contributed by atoms with Crippen LogP contribution in [0.25, 0.3) is 21.7 Å². The number of carbonyl (C=O) groups is 3. The molecule has 2 aromatic carbocycles. The molecular weight excluding hydrogens is 953 g/mol. The standard InChI is InChI=1S/C56H70N12O5S/c1-34-48(74-33-61-34)37-11-9-35(10-12-37)27-58-52(72)46-23-42(69)32-68(46)53(73)49(55(2,3)4)62-51(71)38-13-17-56(18-14-38)25-40(26-56)65-19-15-36(16-20-65)39-28-59-54(60-29-39)66-21-22-67-41(31-66)30-57-50-45(67)24-44(63-64-50)43-7-5-6-8-47(43)70/h5-12,24,28-29,33,36,38,40-42,46,49,69-70H,13-23,25-27,30-32H2,1-4H3,(H,57,64)(H,58,72)(H,62,71)/t38-,40-,41-,42+,46-,49+,56?/m0/s1. The summed E-state index contributed by atoms with van der Waals surface area (Å²) in [5, 5.41) is 39.7. The Balaban J connectivity index is 0.622. The Labute approximate surface area is 437 Å². The second-order valence-corrected chi connectivity index (χ2v) is 23.9. The molecule has 4 atom stereocenters. The first-order valence-corrected chi connectivity index (χ1v) is 27.6. The number of nitrogens with zero attached hydrogens (tertiary/aromatic N) is 9. The number of aryl methyl sites for hydroxylation is 1. The van der Waals surface area contributed by atoms with E-state index in [1.54, 1.807) is 23.5 Å². The number of hydrogen-bond donors (Lipinski definition) is 5. The number of carbonyl (C=O) groups excluding carboxylic acids is 3. The van der Waals surface area contributed by atoms with Crippen LogP contribution in [0.5, 0.6) is 5.75 Å². The number of rotatable bonds is 11. The molecule has 17 nitrogen and oxygen atoms in total. The van der Waals surface area contributed by atoms with E-state index >= 15 is 0 Å². The van der Waals surface area contributed by atoms with Crippen molar-refractivity contribution in [2.75, 3.05) is 60.9 Å². The van der Waals surface area contributed by atoms with Crippen molar-refractivity contribution in [3.63, 3.8) is 0 Å². The van der Waals surface area contributed by atoms with Gasteiger partial charge in [0.15, 0.2) is 5.82 Å². The van der Waals surface area contributed by atoms with Crippen LogP contribution in [0.1, 0.15) is 101 Å². The number of aromatic hydroxyl groups is 1. The number of phenolic OH excluding ortho intramolecular Hbond substituents is 1. The number of phenols is 1. The molecule has 2 saturated carbocycles. The second kappa shape index (κ2) is 20.5. The van der Waals surface area contributed by atoms with Gasteiger partial charge in [-0.25, -0.2) is 15.0 Å². The van der Waals surface area contributed by atoms with E-state index in [1.165, 1.54) is 23.3 Å². The van der Waals surface area contributed by atoms with Gasteiger partial charge in [-0.05, 0) is 123 Å². The van der Waals surface area contributed by atoms with E-state index in [0.717, 1.165) is 117 Å². The summed E-state index contributed by atoms with van der Waals surface area (Å²) in [7, 11) is 0. The summed E-state index contributed by atoms with van der Waals surface area (Å²) in [5.74, 6) is 1.27. The van der Waals surface area contributed by atoms with Crippen molar-refractivity contribution in [2.45, 2.75) is 128 Å². The van der Waals surface area contributed by atoms with E-state index in [-0.39, 0.29) is 53.8 Å². The molecule has 3 aromatic heterocycles. The average molecular weight is 1020 g/mol. The van der Waals surface area contributed by atoms with Gasteiger partial charge in [-0.1, -0.05) is 57.2 Å². The van der Waals surface area contributed by atoms with Crippen LogP contribution in [0.3, 0.4) is 0 Å². The lowest BCUT2D eigenvalue weighted by atomic mass is 9.56. The lowest BCUT2D eigenvalue weighted by molar-refractivity contribution is -0.145. The van der Waals surface area contributed by atoms with Crippen molar-refractivity contribution in [2.24, 2.45) is 16.7 Å².